The van der Waals surface area contributed by atoms with E-state index in [0.717, 1.165) is 0 Å². The van der Waals surface area contributed by atoms with Crippen LogP contribution >= 0.6 is 7.92 Å². The van der Waals surface area contributed by atoms with Gasteiger partial charge in [0, 0.05) is 19.3 Å². The van der Waals surface area contributed by atoms with E-state index in [1.165, 1.54) is 0 Å². The van der Waals surface area contributed by atoms with Gasteiger partial charge in [0.25, 0.3) is 0 Å². The number of hydrogen-bond acceptors (Lipinski definition) is 0. The normalized spacial score (nSPS) is 17.5. The van der Waals surface area contributed by atoms with Gasteiger partial charge in [0.1, 0.15) is 0 Å². The molecule has 52 heteroatoms. The smallest absolute Gasteiger partial charge is 0.200 e. The molecule has 0 aliphatic rings. The Morgan fingerprint density at radius 3 is 0.341 bits per heavy atom. The average Bonchev–Trinajstić information content (AvgIpc) is 3.23. The van der Waals surface area contributed by atoms with Crippen LogP contribution in [0.2, 0.25) is 0 Å². The Bertz CT molecular complexity index is 2190. The summed E-state index contributed by atoms with van der Waals surface area (Å²) in [6.07, 6.45) is -49.6. The minimum Gasteiger partial charge on any atom is -0.200 e. The van der Waals surface area contributed by atoms with Gasteiger partial charge in [-0.15, -0.1) is 7.92 Å². The van der Waals surface area contributed by atoms with Gasteiger partial charge in [0.2, 0.25) is 0 Å². The van der Waals surface area contributed by atoms with Gasteiger partial charge < -0.3 is 0 Å². The molecule has 1 atom stereocenters. The molecule has 0 saturated heterocycles. The molecule has 0 fully saturated rings. The van der Waals surface area contributed by atoms with Gasteiger partial charge in [-0.25, -0.2) is 0 Å². The van der Waals surface area contributed by atoms with Crippen molar-refractivity contribution >= 4 is 7.92 Å². The highest BCUT2D eigenvalue weighted by Gasteiger charge is 2.99. The maximum atomic E-state index is 14.7. The molecule has 0 N–H and O–H groups in total. The van der Waals surface area contributed by atoms with E-state index in [9.17, 15) is 224 Å². The van der Waals surface area contributed by atoms with Crippen LogP contribution in [0, 0.1) is 0 Å². The molecule has 0 spiro atoms. The van der Waals surface area contributed by atoms with E-state index < -0.39 is 189 Å². The predicted molar refractivity (Wildman–Crippen MR) is 157 cm³/mol. The second-order valence-electron chi connectivity index (χ2n) is 16.0. The monoisotopic (exact) mass is 1370 g/mol. The summed E-state index contributed by atoms with van der Waals surface area (Å²) >= 11 is 0. The minimum absolute atomic E-state index is 3.63. The summed E-state index contributed by atoms with van der Waals surface area (Å²) in [5.41, 5.74) is 0. The van der Waals surface area contributed by atoms with Crippen LogP contribution < -0.4 is 0 Å². The van der Waals surface area contributed by atoms with Crippen molar-refractivity contribution in [2.24, 2.45) is 0 Å². The standard InChI is InChI=1S/C30H12F51P/c31-7(32,10(37,38)13(43,44)16(49,50)18(53,54)19(55,56)21(59,60)24(65,66)27(71,72)30(79,80)81)1-4-82(6-3-9(35,36)12(41,42)15(47,48)22(61,62)25(67,68)28(73,74)75)5-2-8(33,34)11(39,40)14(45,46)17(51,52)20(57,58)23(63,64)26(69,70)29(76,77)78/h1-6H2. The number of rotatable bonds is 27. The van der Waals surface area contributed by atoms with Gasteiger partial charge in [-0.05, 0) is 18.5 Å². The molecule has 0 heterocycles. The molecule has 494 valence electrons. The van der Waals surface area contributed by atoms with Crippen molar-refractivity contribution in [3.63, 3.8) is 0 Å². The summed E-state index contributed by atoms with van der Waals surface area (Å²) in [7, 11) is -5.46. The number of alkyl halides is 51. The summed E-state index contributed by atoms with van der Waals surface area (Å²) < 4.78 is 696. The molecule has 0 nitrogen and oxygen atoms in total. The van der Waals surface area contributed by atoms with Crippen LogP contribution in [0.4, 0.5) is 224 Å². The summed E-state index contributed by atoms with van der Waals surface area (Å²) in [5, 5.41) is 0. The molecule has 0 aromatic heterocycles. The highest BCUT2D eigenvalue weighted by atomic mass is 31.1. The fourth-order valence-corrected chi connectivity index (χ4v) is 7.75. The Kier molecular flexibility index (Phi) is 19.7. The molecule has 0 radical (unpaired) electrons. The highest BCUT2D eigenvalue weighted by molar-refractivity contribution is 7.57. The molecule has 0 bridgehead atoms. The average molecular weight is 1370 g/mol. The Hall–Kier alpha value is -3.14. The third kappa shape index (κ3) is 10.6. The summed E-state index contributed by atoms with van der Waals surface area (Å²) in [6.45, 7) is 0. The summed E-state index contributed by atoms with van der Waals surface area (Å²) in [4.78, 5) is 0. The molecule has 0 aromatic carbocycles. The van der Waals surface area contributed by atoms with E-state index in [1.54, 1.807) is 0 Å². The van der Waals surface area contributed by atoms with Crippen molar-refractivity contribution in [3.8, 4) is 0 Å². The molecular formula is C30H12F51P. The molecule has 1 unspecified atom stereocenters. The first kappa shape index (κ1) is 78.9. The van der Waals surface area contributed by atoms with Crippen LogP contribution in [0.1, 0.15) is 19.3 Å². The quantitative estimate of drug-likeness (QED) is 0.0568. The number of hydrogen-bond donors (Lipinski definition) is 0. The van der Waals surface area contributed by atoms with Gasteiger partial charge >= 0.3 is 143 Å². The Morgan fingerprint density at radius 2 is 0.232 bits per heavy atom. The zero-order chi connectivity index (χ0) is 67.8. The van der Waals surface area contributed by atoms with Crippen LogP contribution in [0.15, 0.2) is 0 Å². The first-order valence-corrected chi connectivity index (χ1v) is 20.3. The molecule has 0 amide bonds. The van der Waals surface area contributed by atoms with E-state index in [1.807, 2.05) is 0 Å². The molecule has 0 aliphatic carbocycles. The van der Waals surface area contributed by atoms with Crippen LogP contribution in [-0.4, -0.2) is 161 Å². The van der Waals surface area contributed by atoms with E-state index in [0.29, 0.717) is 0 Å². The van der Waals surface area contributed by atoms with Gasteiger partial charge in [-0.3, -0.25) is 0 Å². The molecule has 0 aliphatic heterocycles. The van der Waals surface area contributed by atoms with Crippen LogP contribution in [-0.2, 0) is 0 Å². The van der Waals surface area contributed by atoms with Crippen molar-refractivity contribution < 1.29 is 224 Å². The largest absolute Gasteiger partial charge is 0.460 e. The van der Waals surface area contributed by atoms with Gasteiger partial charge in [-0.2, -0.15) is 224 Å². The van der Waals surface area contributed by atoms with E-state index in [4.69, 9.17) is 0 Å². The lowest BCUT2D eigenvalue weighted by atomic mass is 9.86. The van der Waals surface area contributed by atoms with Crippen LogP contribution in [0.5, 0.6) is 0 Å². The third-order valence-electron chi connectivity index (χ3n) is 10.6. The maximum absolute atomic E-state index is 14.7. The van der Waals surface area contributed by atoms with Gasteiger partial charge in [0.05, 0.1) is 0 Å². The fourth-order valence-electron chi connectivity index (χ4n) is 5.29. The summed E-state index contributed by atoms with van der Waals surface area (Å²) in [5.74, 6) is -193. The fraction of sp³-hybridized carbons (Fsp3) is 1.00. The Balaban J connectivity index is 8.11. The minimum atomic E-state index is -10.0. The van der Waals surface area contributed by atoms with Crippen molar-refractivity contribution in [2.75, 3.05) is 18.5 Å². The van der Waals surface area contributed by atoms with Crippen LogP contribution in [0.25, 0.3) is 0 Å². The summed E-state index contributed by atoms with van der Waals surface area (Å²) in [6, 6.07) is 0. The van der Waals surface area contributed by atoms with Crippen molar-refractivity contribution in [2.45, 2.75) is 162 Å². The predicted octanol–water partition coefficient (Wildman–Crippen LogP) is 18.7. The van der Waals surface area contributed by atoms with E-state index in [-0.39, 0.29) is 0 Å². The zero-order valence-electron chi connectivity index (χ0n) is 36.0. The van der Waals surface area contributed by atoms with Crippen molar-refractivity contribution in [1.29, 1.82) is 0 Å². The second kappa shape index (κ2) is 20.5. The third-order valence-corrected chi connectivity index (χ3v) is 13.2. The second-order valence-corrected chi connectivity index (χ2v) is 18.7. The number of halogens is 51. The van der Waals surface area contributed by atoms with E-state index in [2.05, 4.69) is 0 Å². The Morgan fingerprint density at radius 1 is 0.134 bits per heavy atom. The van der Waals surface area contributed by atoms with Crippen LogP contribution in [0.3, 0.4) is 0 Å². The lowest BCUT2D eigenvalue weighted by Gasteiger charge is -2.44. The lowest BCUT2D eigenvalue weighted by Crippen LogP contribution is -2.76. The SMILES string of the molecule is FC(F)(F)C(F)(F)C(F)(F)C(F)(F)C(F)(F)C(F)(F)CCP(CCC(F)(F)C(F)(F)C(F)(F)C(F)(F)C(F)(F)C(F)(F)C(F)(F)C(F)(F)F)CCC(F)(F)C(F)(F)C(F)(F)C(F)(F)C(F)(F)C(F)(F)C(F)(F)C(F)(F)C(F)(F)C(F)(F)F. The molecular weight excluding hydrogens is 1360 g/mol. The molecule has 82 heavy (non-hydrogen) atoms. The van der Waals surface area contributed by atoms with Gasteiger partial charge in [-0.1, -0.05) is 0 Å². The van der Waals surface area contributed by atoms with E-state index >= 15 is 0 Å². The Labute approximate surface area is 413 Å². The molecule has 0 saturated carbocycles. The topological polar surface area (TPSA) is 0 Å². The van der Waals surface area contributed by atoms with Crippen molar-refractivity contribution in [3.05, 3.63) is 0 Å². The first-order chi connectivity index (χ1) is 34.5. The van der Waals surface area contributed by atoms with Gasteiger partial charge in [0.15, 0.2) is 0 Å². The maximum Gasteiger partial charge on any atom is 0.460 e. The highest BCUT2D eigenvalue weighted by Crippen LogP contribution is 2.69. The molecule has 0 aromatic rings. The zero-order valence-corrected chi connectivity index (χ0v) is 36.9. The lowest BCUT2D eigenvalue weighted by molar-refractivity contribution is -0.474. The molecule has 0 rings (SSSR count). The van der Waals surface area contributed by atoms with Crippen molar-refractivity contribution in [1.82, 2.24) is 0 Å². The first-order valence-electron chi connectivity index (χ1n) is 18.4.